The second-order valence-corrected chi connectivity index (χ2v) is 7.32. The Bertz CT molecular complexity index is 460. The first-order valence-corrected chi connectivity index (χ1v) is 8.17. The number of benzene rings is 1. The fourth-order valence-electron chi connectivity index (χ4n) is 1.91. The van der Waals surface area contributed by atoms with E-state index in [2.05, 4.69) is 18.2 Å². The minimum absolute atomic E-state index is 0.113. The third-order valence-corrected chi connectivity index (χ3v) is 4.57. The summed E-state index contributed by atoms with van der Waals surface area (Å²) in [6.45, 7) is 7.86. The fraction of sp³-hybridized carbons (Fsp3) is 0.500. The molecular formula is C18H26O2S. The monoisotopic (exact) mass is 306 g/mol. The predicted octanol–water partition coefficient (Wildman–Crippen LogP) is 4.74. The van der Waals surface area contributed by atoms with Crippen LogP contribution in [0.1, 0.15) is 34.1 Å². The molecule has 0 amide bonds. The predicted molar refractivity (Wildman–Crippen MR) is 90.8 cm³/mol. The van der Waals surface area contributed by atoms with Gasteiger partial charge in [0, 0.05) is 23.8 Å². The highest BCUT2D eigenvalue weighted by Crippen LogP contribution is 2.30. The summed E-state index contributed by atoms with van der Waals surface area (Å²) in [4.78, 5) is 13.5. The lowest BCUT2D eigenvalue weighted by molar-refractivity contribution is -0.128. The van der Waals surface area contributed by atoms with Crippen LogP contribution in [0.25, 0.3) is 0 Å². The maximum Gasteiger partial charge on any atom is 0.140 e. The first kappa shape index (κ1) is 18.0. The fourth-order valence-corrected chi connectivity index (χ4v) is 3.13. The van der Waals surface area contributed by atoms with Crippen LogP contribution < -0.4 is 0 Å². The summed E-state index contributed by atoms with van der Waals surface area (Å²) in [7, 11) is 1.68. The Kier molecular flexibility index (Phi) is 7.20. The van der Waals surface area contributed by atoms with Gasteiger partial charge in [0.15, 0.2) is 0 Å². The largest absolute Gasteiger partial charge is 0.380 e. The number of hydrogen-bond donors (Lipinski definition) is 0. The Labute approximate surface area is 133 Å². The SMILES string of the molecule is C/C=C/[C@H](Sc1ccccc1)[C@H](CC(=O)C(C)(C)C)OC. The van der Waals surface area contributed by atoms with Gasteiger partial charge in [-0.25, -0.2) is 0 Å². The van der Waals surface area contributed by atoms with Gasteiger partial charge in [0.2, 0.25) is 0 Å². The molecule has 0 fully saturated rings. The molecule has 0 heterocycles. The Balaban J connectivity index is 2.83. The zero-order valence-corrected chi connectivity index (χ0v) is 14.4. The van der Waals surface area contributed by atoms with Crippen LogP contribution in [0.15, 0.2) is 47.4 Å². The number of methoxy groups -OCH3 is 1. The van der Waals surface area contributed by atoms with Gasteiger partial charge in [-0.15, -0.1) is 11.8 Å². The second-order valence-electron chi connectivity index (χ2n) is 6.07. The van der Waals surface area contributed by atoms with Gasteiger partial charge in [-0.1, -0.05) is 51.1 Å². The van der Waals surface area contributed by atoms with Gasteiger partial charge in [-0.05, 0) is 19.1 Å². The topological polar surface area (TPSA) is 26.3 Å². The summed E-state index contributed by atoms with van der Waals surface area (Å²) >= 11 is 1.73. The normalized spacial score (nSPS) is 15.1. The van der Waals surface area contributed by atoms with E-state index in [0.717, 1.165) is 0 Å². The van der Waals surface area contributed by atoms with Crippen molar-refractivity contribution in [1.82, 2.24) is 0 Å². The average molecular weight is 306 g/mol. The minimum Gasteiger partial charge on any atom is -0.380 e. The van der Waals surface area contributed by atoms with Crippen LogP contribution >= 0.6 is 11.8 Å². The van der Waals surface area contributed by atoms with E-state index < -0.39 is 0 Å². The molecule has 0 saturated heterocycles. The molecule has 0 saturated carbocycles. The lowest BCUT2D eigenvalue weighted by Gasteiger charge is -2.26. The third-order valence-electron chi connectivity index (χ3n) is 3.29. The van der Waals surface area contributed by atoms with Crippen LogP contribution in [0.5, 0.6) is 0 Å². The van der Waals surface area contributed by atoms with Crippen molar-refractivity contribution in [3.63, 3.8) is 0 Å². The highest BCUT2D eigenvalue weighted by atomic mass is 32.2. The third kappa shape index (κ3) is 6.06. The molecule has 2 atom stereocenters. The highest BCUT2D eigenvalue weighted by molar-refractivity contribution is 8.00. The minimum atomic E-state index is -0.325. The van der Waals surface area contributed by atoms with Crippen molar-refractivity contribution in [1.29, 1.82) is 0 Å². The Morgan fingerprint density at radius 3 is 2.38 bits per heavy atom. The maximum atomic E-state index is 12.3. The molecule has 1 aromatic rings. The number of ether oxygens (including phenoxy) is 1. The van der Waals surface area contributed by atoms with Crippen LogP contribution in [0.4, 0.5) is 0 Å². The molecule has 0 aromatic heterocycles. The molecule has 21 heavy (non-hydrogen) atoms. The van der Waals surface area contributed by atoms with E-state index in [-0.39, 0.29) is 22.6 Å². The molecule has 0 aliphatic carbocycles. The number of Topliss-reactive ketones (excluding diaryl/α,β-unsaturated/α-hetero) is 1. The summed E-state index contributed by atoms with van der Waals surface area (Å²) in [6.07, 6.45) is 4.46. The van der Waals surface area contributed by atoms with Crippen molar-refractivity contribution in [2.24, 2.45) is 5.41 Å². The first-order valence-electron chi connectivity index (χ1n) is 7.29. The molecule has 0 spiro atoms. The van der Waals surface area contributed by atoms with Gasteiger partial charge >= 0.3 is 0 Å². The van der Waals surface area contributed by atoms with Crippen molar-refractivity contribution in [3.8, 4) is 0 Å². The molecular weight excluding hydrogens is 280 g/mol. The summed E-state index contributed by atoms with van der Waals surface area (Å²) in [5.74, 6) is 0.234. The number of carbonyl (C=O) groups is 1. The van der Waals surface area contributed by atoms with Crippen molar-refractivity contribution >= 4 is 17.5 Å². The van der Waals surface area contributed by atoms with Crippen LogP contribution in [0.3, 0.4) is 0 Å². The van der Waals surface area contributed by atoms with Gasteiger partial charge < -0.3 is 4.74 Å². The van der Waals surface area contributed by atoms with E-state index in [1.165, 1.54) is 4.90 Å². The van der Waals surface area contributed by atoms with Gasteiger partial charge in [0.1, 0.15) is 5.78 Å². The number of hydrogen-bond acceptors (Lipinski definition) is 3. The molecule has 116 valence electrons. The lowest BCUT2D eigenvalue weighted by atomic mass is 9.87. The van der Waals surface area contributed by atoms with Crippen molar-refractivity contribution in [3.05, 3.63) is 42.5 Å². The molecule has 0 unspecified atom stereocenters. The van der Waals surface area contributed by atoms with Crippen LogP contribution in [0.2, 0.25) is 0 Å². The van der Waals surface area contributed by atoms with E-state index in [0.29, 0.717) is 6.42 Å². The number of carbonyl (C=O) groups excluding carboxylic acids is 1. The zero-order chi connectivity index (χ0) is 15.9. The molecule has 0 bridgehead atoms. The molecule has 0 N–H and O–H groups in total. The van der Waals surface area contributed by atoms with Gasteiger partial charge in [0.05, 0.1) is 11.4 Å². The molecule has 0 radical (unpaired) electrons. The Morgan fingerprint density at radius 2 is 1.90 bits per heavy atom. The van der Waals surface area contributed by atoms with Gasteiger partial charge in [-0.3, -0.25) is 4.79 Å². The molecule has 1 rings (SSSR count). The molecule has 2 nitrogen and oxygen atoms in total. The molecule has 1 aromatic carbocycles. The van der Waals surface area contributed by atoms with Crippen LogP contribution in [0, 0.1) is 5.41 Å². The maximum absolute atomic E-state index is 12.3. The van der Waals surface area contributed by atoms with E-state index >= 15 is 0 Å². The molecule has 3 heteroatoms. The summed E-state index contributed by atoms with van der Waals surface area (Å²) in [5.41, 5.74) is -0.325. The quantitative estimate of drug-likeness (QED) is 0.537. The van der Waals surface area contributed by atoms with Gasteiger partial charge in [0.25, 0.3) is 0 Å². The molecule has 0 aliphatic rings. The van der Waals surface area contributed by atoms with E-state index in [4.69, 9.17) is 4.74 Å². The van der Waals surface area contributed by atoms with Gasteiger partial charge in [-0.2, -0.15) is 0 Å². The van der Waals surface area contributed by atoms with E-state index in [1.807, 2.05) is 52.0 Å². The molecule has 0 aliphatic heterocycles. The van der Waals surface area contributed by atoms with E-state index in [1.54, 1.807) is 18.9 Å². The number of ketones is 1. The second kappa shape index (κ2) is 8.40. The smallest absolute Gasteiger partial charge is 0.140 e. The van der Waals surface area contributed by atoms with Crippen molar-refractivity contribution in [2.45, 2.75) is 50.4 Å². The number of allylic oxidation sites excluding steroid dienone is 1. The van der Waals surface area contributed by atoms with Crippen molar-refractivity contribution in [2.75, 3.05) is 7.11 Å². The summed E-state index contributed by atoms with van der Waals surface area (Å²) < 4.78 is 5.61. The first-order chi connectivity index (χ1) is 9.88. The Morgan fingerprint density at radius 1 is 1.29 bits per heavy atom. The Hall–Kier alpha value is -1.06. The van der Waals surface area contributed by atoms with E-state index in [9.17, 15) is 4.79 Å². The van der Waals surface area contributed by atoms with Crippen LogP contribution in [-0.4, -0.2) is 24.2 Å². The number of thioether (sulfide) groups is 1. The van der Waals surface area contributed by atoms with Crippen molar-refractivity contribution < 1.29 is 9.53 Å². The number of rotatable bonds is 7. The summed E-state index contributed by atoms with van der Waals surface area (Å²) in [5, 5.41) is 0.133. The highest BCUT2D eigenvalue weighted by Gasteiger charge is 2.28. The average Bonchev–Trinajstić information content (AvgIpc) is 2.44. The summed E-state index contributed by atoms with van der Waals surface area (Å²) in [6, 6.07) is 10.2. The lowest BCUT2D eigenvalue weighted by Crippen LogP contribution is -2.31. The standard InChI is InChI=1S/C18H26O2S/c1-6-10-16(21-14-11-8-7-9-12-14)15(20-5)13-17(19)18(2,3)4/h6-12,15-16H,13H2,1-5H3/b10-6+/t15-,16-/m0/s1. The van der Waals surface area contributed by atoms with Crippen LogP contribution in [-0.2, 0) is 9.53 Å². The zero-order valence-electron chi connectivity index (χ0n) is 13.6.